The van der Waals surface area contributed by atoms with Gasteiger partial charge < -0.3 is 19.7 Å². The van der Waals surface area contributed by atoms with E-state index in [0.29, 0.717) is 11.7 Å². The maximum atomic E-state index is 12.0. The Morgan fingerprint density at radius 3 is 2.84 bits per heavy atom. The number of carbonyl (C=O) groups excluding carboxylic acids is 1. The lowest BCUT2D eigenvalue weighted by Crippen LogP contribution is -2.42. The first-order chi connectivity index (χ1) is 9.06. The topological polar surface area (TPSA) is 95.7 Å². The van der Waals surface area contributed by atoms with Crippen LogP contribution >= 0.6 is 0 Å². The highest BCUT2D eigenvalue weighted by Gasteiger charge is 2.32. The maximum absolute atomic E-state index is 12.0. The summed E-state index contributed by atoms with van der Waals surface area (Å²) in [6.07, 6.45) is 3.42. The fraction of sp³-hybridized carbons (Fsp3) is 0.583. The number of carboxylic acids is 1. The molecule has 1 aromatic rings. The third kappa shape index (κ3) is 3.97. The standard InChI is InChI=1S/C12H17N3O4/c1-8-6-13-10(19-8)7-14-12(18)15(9-2-3-9)5-4-11(16)17/h6,9H,2-5,7H2,1H3,(H,14,18)(H,16,17). The highest BCUT2D eigenvalue weighted by atomic mass is 16.4. The van der Waals surface area contributed by atoms with Crippen LogP contribution in [0.4, 0.5) is 4.79 Å². The molecule has 1 heterocycles. The van der Waals surface area contributed by atoms with Crippen LogP contribution in [0.3, 0.4) is 0 Å². The Morgan fingerprint density at radius 2 is 2.32 bits per heavy atom. The van der Waals surface area contributed by atoms with Crippen molar-refractivity contribution in [2.45, 2.75) is 38.8 Å². The first-order valence-electron chi connectivity index (χ1n) is 6.24. The van der Waals surface area contributed by atoms with Crippen LogP contribution < -0.4 is 5.32 Å². The summed E-state index contributed by atoms with van der Waals surface area (Å²) in [4.78, 5) is 28.1. The molecule has 0 spiro atoms. The van der Waals surface area contributed by atoms with Gasteiger partial charge in [-0.15, -0.1) is 0 Å². The second-order valence-electron chi connectivity index (χ2n) is 4.59. The Hall–Kier alpha value is -2.05. The number of hydrogen-bond acceptors (Lipinski definition) is 4. The van der Waals surface area contributed by atoms with Crippen molar-refractivity contribution in [1.29, 1.82) is 0 Å². The monoisotopic (exact) mass is 267 g/mol. The molecule has 1 aliphatic carbocycles. The van der Waals surface area contributed by atoms with Gasteiger partial charge in [0, 0.05) is 12.6 Å². The number of nitrogens with one attached hydrogen (secondary N) is 1. The van der Waals surface area contributed by atoms with Gasteiger partial charge in [0.15, 0.2) is 0 Å². The molecule has 0 saturated heterocycles. The van der Waals surface area contributed by atoms with E-state index in [0.717, 1.165) is 12.8 Å². The Bertz CT molecular complexity index is 467. The van der Waals surface area contributed by atoms with Gasteiger partial charge in [-0.3, -0.25) is 4.79 Å². The fourth-order valence-electron chi connectivity index (χ4n) is 1.79. The Balaban J connectivity index is 1.83. The van der Waals surface area contributed by atoms with Crippen LogP contribution in [0.2, 0.25) is 0 Å². The maximum Gasteiger partial charge on any atom is 0.318 e. The molecule has 0 radical (unpaired) electrons. The highest BCUT2D eigenvalue weighted by Crippen LogP contribution is 2.26. The minimum Gasteiger partial charge on any atom is -0.481 e. The number of urea groups is 1. The fourth-order valence-corrected chi connectivity index (χ4v) is 1.79. The van der Waals surface area contributed by atoms with E-state index in [-0.39, 0.29) is 31.6 Å². The van der Waals surface area contributed by atoms with Gasteiger partial charge in [0.25, 0.3) is 0 Å². The predicted octanol–water partition coefficient (Wildman–Crippen LogP) is 1.13. The molecule has 7 nitrogen and oxygen atoms in total. The van der Waals surface area contributed by atoms with Crippen molar-refractivity contribution in [3.8, 4) is 0 Å². The van der Waals surface area contributed by atoms with Gasteiger partial charge >= 0.3 is 12.0 Å². The molecule has 2 rings (SSSR count). The quantitative estimate of drug-likeness (QED) is 0.805. The van der Waals surface area contributed by atoms with Crippen LogP contribution in [0.25, 0.3) is 0 Å². The first kappa shape index (κ1) is 13.4. The lowest BCUT2D eigenvalue weighted by atomic mass is 10.4. The van der Waals surface area contributed by atoms with Crippen molar-refractivity contribution in [1.82, 2.24) is 15.2 Å². The van der Waals surface area contributed by atoms with Crippen molar-refractivity contribution >= 4 is 12.0 Å². The summed E-state index contributed by atoms with van der Waals surface area (Å²) in [7, 11) is 0. The van der Waals surface area contributed by atoms with Crippen LogP contribution in [-0.4, -0.2) is 39.6 Å². The SMILES string of the molecule is Cc1cnc(CNC(=O)N(CCC(=O)O)C2CC2)o1. The third-order valence-corrected chi connectivity index (χ3v) is 2.88. The van der Waals surface area contributed by atoms with Crippen LogP contribution in [-0.2, 0) is 11.3 Å². The van der Waals surface area contributed by atoms with Crippen molar-refractivity contribution in [2.24, 2.45) is 0 Å². The highest BCUT2D eigenvalue weighted by molar-refractivity contribution is 5.75. The summed E-state index contributed by atoms with van der Waals surface area (Å²) >= 11 is 0. The molecule has 2 N–H and O–H groups in total. The van der Waals surface area contributed by atoms with Crippen LogP contribution in [0.1, 0.15) is 30.9 Å². The summed E-state index contributed by atoms with van der Waals surface area (Å²) in [6.45, 7) is 2.22. The normalized spacial score (nSPS) is 14.2. The Morgan fingerprint density at radius 1 is 1.58 bits per heavy atom. The van der Waals surface area contributed by atoms with Crippen molar-refractivity contribution in [3.05, 3.63) is 17.8 Å². The number of amides is 2. The van der Waals surface area contributed by atoms with Crippen molar-refractivity contribution in [2.75, 3.05) is 6.54 Å². The van der Waals surface area contributed by atoms with E-state index in [1.807, 2.05) is 0 Å². The zero-order chi connectivity index (χ0) is 13.8. The summed E-state index contributed by atoms with van der Waals surface area (Å²) in [5, 5.41) is 11.4. The number of aliphatic carboxylic acids is 1. The molecule has 2 amide bonds. The molecular weight excluding hydrogens is 250 g/mol. The van der Waals surface area contributed by atoms with Crippen molar-refractivity contribution < 1.29 is 19.1 Å². The van der Waals surface area contributed by atoms with Gasteiger partial charge in [-0.2, -0.15) is 0 Å². The van der Waals surface area contributed by atoms with E-state index in [1.54, 1.807) is 18.0 Å². The second-order valence-corrected chi connectivity index (χ2v) is 4.59. The zero-order valence-electron chi connectivity index (χ0n) is 10.8. The smallest absolute Gasteiger partial charge is 0.318 e. The molecular formula is C12H17N3O4. The number of rotatable bonds is 6. The number of carboxylic acid groups (broad SMARTS) is 1. The number of aromatic nitrogens is 1. The largest absolute Gasteiger partial charge is 0.481 e. The Kier molecular flexibility index (Phi) is 4.03. The Labute approximate surface area is 110 Å². The lowest BCUT2D eigenvalue weighted by molar-refractivity contribution is -0.137. The van der Waals surface area contributed by atoms with Crippen LogP contribution in [0.15, 0.2) is 10.6 Å². The van der Waals surface area contributed by atoms with E-state index in [9.17, 15) is 9.59 Å². The number of hydrogen-bond donors (Lipinski definition) is 2. The third-order valence-electron chi connectivity index (χ3n) is 2.88. The van der Waals surface area contributed by atoms with Gasteiger partial charge in [0.2, 0.25) is 5.89 Å². The number of aryl methyl sites for hydroxylation is 1. The predicted molar refractivity (Wildman–Crippen MR) is 65.5 cm³/mol. The number of nitrogens with zero attached hydrogens (tertiary/aromatic N) is 2. The van der Waals surface area contributed by atoms with Gasteiger partial charge in [-0.05, 0) is 19.8 Å². The molecule has 0 bridgehead atoms. The average molecular weight is 267 g/mol. The molecule has 0 atom stereocenters. The van der Waals surface area contributed by atoms with Gasteiger partial charge in [-0.1, -0.05) is 0 Å². The summed E-state index contributed by atoms with van der Waals surface area (Å²) in [6, 6.07) is -0.0924. The van der Waals surface area contributed by atoms with E-state index in [2.05, 4.69) is 10.3 Å². The lowest BCUT2D eigenvalue weighted by Gasteiger charge is -2.21. The molecule has 19 heavy (non-hydrogen) atoms. The van der Waals surface area contributed by atoms with E-state index in [1.165, 1.54) is 0 Å². The van der Waals surface area contributed by atoms with Crippen LogP contribution in [0.5, 0.6) is 0 Å². The van der Waals surface area contributed by atoms with E-state index >= 15 is 0 Å². The molecule has 0 unspecified atom stereocenters. The molecule has 1 aromatic heterocycles. The molecule has 0 aliphatic heterocycles. The summed E-state index contributed by atoms with van der Waals surface area (Å²) in [5.74, 6) is 0.232. The average Bonchev–Trinajstić information content (AvgIpc) is 3.09. The molecule has 104 valence electrons. The minimum atomic E-state index is -0.901. The molecule has 1 aliphatic rings. The number of oxazole rings is 1. The molecule has 0 aromatic carbocycles. The molecule has 7 heteroatoms. The second kappa shape index (κ2) is 5.73. The first-order valence-corrected chi connectivity index (χ1v) is 6.24. The summed E-state index contributed by atoms with van der Waals surface area (Å²) < 4.78 is 5.25. The van der Waals surface area contributed by atoms with Gasteiger partial charge in [0.05, 0.1) is 19.2 Å². The van der Waals surface area contributed by atoms with Gasteiger partial charge in [0.1, 0.15) is 5.76 Å². The van der Waals surface area contributed by atoms with E-state index < -0.39 is 5.97 Å². The molecule has 1 saturated carbocycles. The summed E-state index contributed by atoms with van der Waals surface area (Å²) in [5.41, 5.74) is 0. The number of carbonyl (C=O) groups is 2. The van der Waals surface area contributed by atoms with Crippen LogP contribution in [0, 0.1) is 6.92 Å². The van der Waals surface area contributed by atoms with Gasteiger partial charge in [-0.25, -0.2) is 9.78 Å². The zero-order valence-corrected chi connectivity index (χ0v) is 10.8. The minimum absolute atomic E-state index is 0.0397. The van der Waals surface area contributed by atoms with Crippen molar-refractivity contribution in [3.63, 3.8) is 0 Å². The molecule has 1 fully saturated rings. The van der Waals surface area contributed by atoms with E-state index in [4.69, 9.17) is 9.52 Å².